The van der Waals surface area contributed by atoms with Gasteiger partial charge in [-0.15, -0.1) is 0 Å². The first-order chi connectivity index (χ1) is 26.8. The van der Waals surface area contributed by atoms with Crippen molar-refractivity contribution in [2.75, 3.05) is 0 Å². The molecule has 0 radical (unpaired) electrons. The molecule has 0 spiro atoms. The largest absolute Gasteiger partial charge is 1.00 e. The van der Waals surface area contributed by atoms with Crippen LogP contribution < -0.4 is 103 Å². The zero-order chi connectivity index (χ0) is 47.3. The number of halogens is 21. The average molecular weight is 1140 g/mol. The van der Waals surface area contributed by atoms with E-state index in [1.165, 1.54) is 0 Å². The van der Waals surface area contributed by atoms with Crippen LogP contribution in [0.15, 0.2) is 0 Å². The van der Waals surface area contributed by atoms with Gasteiger partial charge < -0.3 is 51.4 Å². The normalized spacial score (nSPS) is 33.4. The topological polar surface area (TPSA) is 152 Å². The molecule has 4 bridgehead atoms. The molecule has 43 heteroatoms. The summed E-state index contributed by atoms with van der Waals surface area (Å²) < 4.78 is 333. The predicted molar refractivity (Wildman–Crippen MR) is 158 cm³/mol. The molecule has 0 amide bonds. The molecule has 0 atom stereocenters. The first kappa shape index (κ1) is 66.6. The molecule has 3 heterocycles. The molecule has 3 fully saturated rings. The molecular formula is C21H28F21Na3O12Si7. The van der Waals surface area contributed by atoms with E-state index in [2.05, 4.69) is 0 Å². The fourth-order valence-corrected chi connectivity index (χ4v) is 42.1. The molecule has 12 nitrogen and oxygen atoms in total. The van der Waals surface area contributed by atoms with Gasteiger partial charge in [-0.1, -0.05) is 0 Å². The Kier molecular flexibility index (Phi) is 23.7. The molecule has 0 unspecified atom stereocenters. The number of hydrogen-bond acceptors (Lipinski definition) is 12. The van der Waals surface area contributed by atoms with Gasteiger partial charge in [0.2, 0.25) is 26.4 Å². The van der Waals surface area contributed by atoms with Crippen LogP contribution in [-0.2, 0) is 37.0 Å². The molecule has 0 aromatic heterocycles. The van der Waals surface area contributed by atoms with Gasteiger partial charge in [-0.05, 0) is 18.1 Å². The second-order valence-electron chi connectivity index (χ2n) is 13.5. The fraction of sp³-hybridized carbons (Fsp3) is 1.00. The van der Waals surface area contributed by atoms with Crippen LogP contribution in [0.25, 0.3) is 0 Å². The van der Waals surface area contributed by atoms with Crippen molar-refractivity contribution in [2.45, 2.75) is 130 Å². The van der Waals surface area contributed by atoms with Crippen LogP contribution in [0, 0.1) is 0 Å². The van der Waals surface area contributed by atoms with E-state index < -0.39 is 192 Å². The van der Waals surface area contributed by atoms with Crippen LogP contribution in [-0.4, -0.2) is 105 Å². The Bertz CT molecular complexity index is 1320. The maximum Gasteiger partial charge on any atom is 1.00 e. The first-order valence-corrected chi connectivity index (χ1v) is 30.2. The number of alkyl halides is 21. The fourth-order valence-electron chi connectivity index (χ4n) is 5.43. The number of hydrogen-bond donors (Lipinski definition) is 0. The van der Waals surface area contributed by atoms with Gasteiger partial charge in [-0.25, -0.2) is 0 Å². The summed E-state index contributed by atoms with van der Waals surface area (Å²) in [4.78, 5) is 43.2. The molecule has 0 aromatic rings. The van der Waals surface area contributed by atoms with Crippen LogP contribution in [0.5, 0.6) is 0 Å². The minimum absolute atomic E-state index is 0. The van der Waals surface area contributed by atoms with E-state index in [9.17, 15) is 107 Å². The van der Waals surface area contributed by atoms with Crippen LogP contribution in [0.2, 0.25) is 42.3 Å². The maximum absolute atomic E-state index is 14.4. The van der Waals surface area contributed by atoms with Crippen molar-refractivity contribution in [2.24, 2.45) is 0 Å². The van der Waals surface area contributed by atoms with Gasteiger partial charge in [-0.2, -0.15) is 92.2 Å². The van der Waals surface area contributed by atoms with Crippen LogP contribution in [0.1, 0.15) is 44.9 Å². The molecule has 3 saturated heterocycles. The minimum atomic E-state index is -7.03. The summed E-state index contributed by atoms with van der Waals surface area (Å²) in [5.74, 6) is 0. The summed E-state index contributed by atoms with van der Waals surface area (Å²) in [6.45, 7) is 0. The Morgan fingerprint density at radius 3 is 0.500 bits per heavy atom. The van der Waals surface area contributed by atoms with Crippen molar-refractivity contribution in [3.8, 4) is 0 Å². The molecule has 3 aliphatic heterocycles. The molecule has 362 valence electrons. The molecule has 0 N–H and O–H groups in total. The monoisotopic (exact) mass is 1140 g/mol. The van der Waals surface area contributed by atoms with Crippen LogP contribution >= 0.6 is 0 Å². The van der Waals surface area contributed by atoms with E-state index in [-0.39, 0.29) is 88.7 Å². The zero-order valence-electron chi connectivity index (χ0n) is 32.7. The standard InChI is InChI=1S/C21H28F21O12Si7.3Na/c22-15(23,24)1-8-55(43)46-58(11-4-18(31,32)33)48-56(44,9-2-16(25,26)27)50-60(13-6-20(37,38)39)51-57(45,10-3-17(28,29)30)49-59(47-55,12-5-19(34,35)36)53-61(52-58,54-60)14-7-21(40,41)42;;;/h1-14H2;;;/q-3;3*+1. The maximum atomic E-state index is 14.4. The number of rotatable bonds is 14. The summed E-state index contributed by atoms with van der Waals surface area (Å²) in [5, 5.41) is 0. The molecule has 0 saturated carbocycles. The molecular weight excluding hydrogens is 1110 g/mol. The van der Waals surface area contributed by atoms with Gasteiger partial charge in [0.25, 0.3) is 0 Å². The summed E-state index contributed by atoms with van der Waals surface area (Å²) in [7, 11) is -48.4. The smallest absolute Gasteiger partial charge is 0.817 e. The second kappa shape index (κ2) is 22.8. The third-order valence-electron chi connectivity index (χ3n) is 7.80. The molecule has 64 heavy (non-hydrogen) atoms. The van der Waals surface area contributed by atoms with Crippen LogP contribution in [0.4, 0.5) is 92.2 Å². The number of fused-ring (bicyclic) bond motifs is 3. The molecule has 3 rings (SSSR count). The second-order valence-corrected chi connectivity index (χ2v) is 33.9. The van der Waals surface area contributed by atoms with Crippen molar-refractivity contribution in [1.29, 1.82) is 0 Å². The van der Waals surface area contributed by atoms with Crippen molar-refractivity contribution < 1.29 is 232 Å². The van der Waals surface area contributed by atoms with Crippen LogP contribution in [0.3, 0.4) is 0 Å². The average Bonchev–Trinajstić information content (AvgIpc) is 2.98. The van der Waals surface area contributed by atoms with Gasteiger partial charge >= 0.3 is 167 Å². The van der Waals surface area contributed by atoms with Gasteiger partial charge in [0.15, 0.2) is 0 Å². The molecule has 0 aromatic carbocycles. The van der Waals surface area contributed by atoms with Crippen molar-refractivity contribution >= 4 is 61.6 Å². The Morgan fingerprint density at radius 2 is 0.359 bits per heavy atom. The Labute approximate surface area is 420 Å². The van der Waals surface area contributed by atoms with E-state index in [1.54, 1.807) is 0 Å². The Hall–Kier alpha value is 2.57. The van der Waals surface area contributed by atoms with E-state index in [1.807, 2.05) is 0 Å². The summed E-state index contributed by atoms with van der Waals surface area (Å²) >= 11 is 0. The molecule has 3 aliphatic rings. The van der Waals surface area contributed by atoms with Crippen molar-refractivity contribution in [3.05, 3.63) is 0 Å². The van der Waals surface area contributed by atoms with Gasteiger partial charge in [0, 0.05) is 69.1 Å². The van der Waals surface area contributed by atoms with Crippen molar-refractivity contribution in [1.82, 2.24) is 0 Å². The Morgan fingerprint density at radius 1 is 0.234 bits per heavy atom. The van der Waals surface area contributed by atoms with E-state index >= 15 is 0 Å². The predicted octanol–water partition coefficient (Wildman–Crippen LogP) is -2.49. The van der Waals surface area contributed by atoms with E-state index in [4.69, 9.17) is 37.0 Å². The summed E-state index contributed by atoms with van der Waals surface area (Å²) in [5.41, 5.74) is 0. The zero-order valence-corrected chi connectivity index (χ0v) is 45.7. The van der Waals surface area contributed by atoms with Gasteiger partial charge in [0.1, 0.15) is 0 Å². The summed E-state index contributed by atoms with van der Waals surface area (Å²) in [6.07, 6.45) is -57.0. The van der Waals surface area contributed by atoms with E-state index in [0.717, 1.165) is 0 Å². The minimum Gasteiger partial charge on any atom is -0.817 e. The summed E-state index contributed by atoms with van der Waals surface area (Å²) in [6, 6.07) is -16.1. The van der Waals surface area contributed by atoms with Gasteiger partial charge in [-0.3, -0.25) is 0 Å². The third kappa shape index (κ3) is 23.4. The SMILES string of the molecule is [Na+].[Na+].[Na+].[O-][Si]1(CCC(F)(F)F)O[Si]2(CCC(F)(F)F)O[Si]([O-])(CCC(F)(F)F)O[Si]3(CCC(F)(F)F)O[Si]([O-])(CCC(F)(F)F)O[Si](CCC(F)(F)F)(O1)O[Si](CCC(F)(F)F)(O2)O3. The Balaban J connectivity index is 0.0000132. The van der Waals surface area contributed by atoms with Crippen molar-refractivity contribution in [3.63, 3.8) is 0 Å². The quantitative estimate of drug-likeness (QED) is 0.134. The first-order valence-electron chi connectivity index (χ1n) is 16.7. The van der Waals surface area contributed by atoms with E-state index in [0.29, 0.717) is 0 Å². The van der Waals surface area contributed by atoms with Gasteiger partial charge in [0.05, 0.1) is 0 Å². The third-order valence-corrected chi connectivity index (χ3v) is 36.2. The molecule has 0 aliphatic carbocycles.